The van der Waals surface area contributed by atoms with Gasteiger partial charge in [-0.1, -0.05) is 18.2 Å². The number of nitrogens with one attached hydrogen (secondary N) is 2. The number of aryl methyl sites for hydroxylation is 1. The Morgan fingerprint density at radius 3 is 2.38 bits per heavy atom. The highest BCUT2D eigenvalue weighted by molar-refractivity contribution is 7.92. The quantitative estimate of drug-likeness (QED) is 0.805. The Morgan fingerprint density at radius 2 is 1.75 bits per heavy atom. The predicted molar refractivity (Wildman–Crippen MR) is 94.9 cm³/mol. The molecular formula is C17H20N2O4S. The number of carbonyl (C=O) groups is 1. The van der Waals surface area contributed by atoms with Gasteiger partial charge in [-0.25, -0.2) is 8.42 Å². The second-order valence-corrected chi connectivity index (χ2v) is 7.10. The zero-order valence-corrected chi connectivity index (χ0v) is 14.4. The van der Waals surface area contributed by atoms with E-state index in [-0.39, 0.29) is 5.91 Å². The van der Waals surface area contributed by atoms with Crippen LogP contribution in [0.2, 0.25) is 0 Å². The van der Waals surface area contributed by atoms with E-state index in [9.17, 15) is 13.2 Å². The molecule has 2 aromatic carbocycles. The van der Waals surface area contributed by atoms with Crippen LogP contribution in [0.25, 0.3) is 0 Å². The average Bonchev–Trinajstić information content (AvgIpc) is 2.52. The molecule has 0 spiro atoms. The van der Waals surface area contributed by atoms with Gasteiger partial charge in [0.2, 0.25) is 15.9 Å². The van der Waals surface area contributed by atoms with Gasteiger partial charge in [0.05, 0.1) is 19.1 Å². The van der Waals surface area contributed by atoms with Gasteiger partial charge in [-0.2, -0.15) is 0 Å². The summed E-state index contributed by atoms with van der Waals surface area (Å²) in [5.74, 6) is 0.640. The molecule has 0 aliphatic rings. The maximum absolute atomic E-state index is 12.0. The van der Waals surface area contributed by atoms with Crippen molar-refractivity contribution < 1.29 is 17.9 Å². The Bertz CT molecular complexity index is 802. The number of hydrogen-bond acceptors (Lipinski definition) is 4. The molecular weight excluding hydrogens is 328 g/mol. The van der Waals surface area contributed by atoms with Crippen molar-refractivity contribution in [2.75, 3.05) is 23.4 Å². The molecule has 128 valence electrons. The van der Waals surface area contributed by atoms with Crippen LogP contribution in [0.15, 0.2) is 48.5 Å². The lowest BCUT2D eigenvalue weighted by atomic mass is 10.1. The minimum Gasteiger partial charge on any atom is -0.497 e. The van der Waals surface area contributed by atoms with Crippen molar-refractivity contribution in [1.29, 1.82) is 0 Å². The number of amides is 1. The van der Waals surface area contributed by atoms with Crippen LogP contribution >= 0.6 is 0 Å². The standard InChI is InChI=1S/C17H20N2O4S/c1-23-16-9-6-13(7-10-16)8-11-17(20)18-14-4-3-5-15(12-14)19-24(2,21)22/h3-7,9-10,12,19H,8,11H2,1-2H3,(H,18,20). The lowest BCUT2D eigenvalue weighted by Crippen LogP contribution is -2.13. The van der Waals surface area contributed by atoms with Gasteiger partial charge in [-0.15, -0.1) is 0 Å². The molecule has 0 unspecified atom stereocenters. The van der Waals surface area contributed by atoms with Crippen molar-refractivity contribution >= 4 is 27.3 Å². The van der Waals surface area contributed by atoms with Crippen molar-refractivity contribution in [2.24, 2.45) is 0 Å². The van der Waals surface area contributed by atoms with Crippen molar-refractivity contribution in [1.82, 2.24) is 0 Å². The normalized spacial score (nSPS) is 10.9. The molecule has 0 bridgehead atoms. The number of hydrogen-bond donors (Lipinski definition) is 2. The van der Waals surface area contributed by atoms with Gasteiger partial charge in [-0.3, -0.25) is 9.52 Å². The predicted octanol–water partition coefficient (Wildman–Crippen LogP) is 2.64. The number of methoxy groups -OCH3 is 1. The van der Waals surface area contributed by atoms with Gasteiger partial charge >= 0.3 is 0 Å². The zero-order chi connectivity index (χ0) is 17.6. The second kappa shape index (κ2) is 7.83. The topological polar surface area (TPSA) is 84.5 Å². The fraction of sp³-hybridized carbons (Fsp3) is 0.235. The molecule has 0 saturated carbocycles. The minimum atomic E-state index is -3.35. The highest BCUT2D eigenvalue weighted by Crippen LogP contribution is 2.17. The molecule has 24 heavy (non-hydrogen) atoms. The monoisotopic (exact) mass is 348 g/mol. The van der Waals surface area contributed by atoms with E-state index in [0.717, 1.165) is 17.6 Å². The van der Waals surface area contributed by atoms with E-state index < -0.39 is 10.0 Å². The molecule has 1 amide bonds. The largest absolute Gasteiger partial charge is 0.497 e. The van der Waals surface area contributed by atoms with E-state index >= 15 is 0 Å². The summed E-state index contributed by atoms with van der Waals surface area (Å²) in [5, 5.41) is 2.76. The highest BCUT2D eigenvalue weighted by atomic mass is 32.2. The number of benzene rings is 2. The molecule has 2 N–H and O–H groups in total. The number of ether oxygens (including phenoxy) is 1. The molecule has 0 heterocycles. The first-order chi connectivity index (χ1) is 11.4. The summed E-state index contributed by atoms with van der Waals surface area (Å²) in [6, 6.07) is 14.1. The molecule has 0 aromatic heterocycles. The fourth-order valence-electron chi connectivity index (χ4n) is 2.15. The van der Waals surface area contributed by atoms with Crippen LogP contribution in [0.4, 0.5) is 11.4 Å². The van der Waals surface area contributed by atoms with Gasteiger partial charge in [0.15, 0.2) is 0 Å². The van der Waals surface area contributed by atoms with E-state index in [1.165, 1.54) is 0 Å². The lowest BCUT2D eigenvalue weighted by Gasteiger charge is -2.08. The maximum Gasteiger partial charge on any atom is 0.229 e. The summed E-state index contributed by atoms with van der Waals surface area (Å²) in [5.41, 5.74) is 1.99. The van der Waals surface area contributed by atoms with E-state index in [4.69, 9.17) is 4.74 Å². The van der Waals surface area contributed by atoms with Crippen molar-refractivity contribution in [3.8, 4) is 5.75 Å². The third-order valence-corrected chi connectivity index (χ3v) is 3.86. The molecule has 0 radical (unpaired) electrons. The van der Waals surface area contributed by atoms with Gasteiger partial charge < -0.3 is 10.1 Å². The smallest absolute Gasteiger partial charge is 0.229 e. The molecule has 0 aliphatic heterocycles. The van der Waals surface area contributed by atoms with Gasteiger partial charge in [0.1, 0.15) is 5.75 Å². The van der Waals surface area contributed by atoms with Gasteiger partial charge in [0.25, 0.3) is 0 Å². The molecule has 2 rings (SSSR count). The van der Waals surface area contributed by atoms with Gasteiger partial charge in [0, 0.05) is 12.1 Å². The van der Waals surface area contributed by atoms with Crippen molar-refractivity contribution in [2.45, 2.75) is 12.8 Å². The summed E-state index contributed by atoms with van der Waals surface area (Å²) >= 11 is 0. The Kier molecular flexibility index (Phi) is 5.81. The average molecular weight is 348 g/mol. The van der Waals surface area contributed by atoms with Crippen LogP contribution in [0.3, 0.4) is 0 Å². The van der Waals surface area contributed by atoms with Crippen LogP contribution < -0.4 is 14.8 Å². The number of anilines is 2. The Labute approximate surface area is 141 Å². The summed E-state index contributed by atoms with van der Waals surface area (Å²) in [6.07, 6.45) is 2.01. The molecule has 0 aliphatic carbocycles. The van der Waals surface area contributed by atoms with Crippen LogP contribution in [0, 0.1) is 0 Å². The van der Waals surface area contributed by atoms with Crippen molar-refractivity contribution in [3.05, 3.63) is 54.1 Å². The first-order valence-corrected chi connectivity index (χ1v) is 9.25. The summed E-state index contributed by atoms with van der Waals surface area (Å²) < 4.78 is 29.9. The molecule has 7 heteroatoms. The third-order valence-electron chi connectivity index (χ3n) is 3.25. The van der Waals surface area contributed by atoms with Crippen LogP contribution in [-0.4, -0.2) is 27.7 Å². The fourth-order valence-corrected chi connectivity index (χ4v) is 2.70. The Balaban J connectivity index is 1.90. The first kappa shape index (κ1) is 17.8. The van der Waals surface area contributed by atoms with Crippen LogP contribution in [0.1, 0.15) is 12.0 Å². The summed E-state index contributed by atoms with van der Waals surface area (Å²) in [7, 11) is -1.74. The Morgan fingerprint density at radius 1 is 1.08 bits per heavy atom. The van der Waals surface area contributed by atoms with E-state index in [1.54, 1.807) is 31.4 Å². The lowest BCUT2D eigenvalue weighted by molar-refractivity contribution is -0.116. The molecule has 6 nitrogen and oxygen atoms in total. The van der Waals surface area contributed by atoms with E-state index in [1.807, 2.05) is 24.3 Å². The molecule has 0 fully saturated rings. The molecule has 2 aromatic rings. The molecule has 0 saturated heterocycles. The summed E-state index contributed by atoms with van der Waals surface area (Å²) in [4.78, 5) is 12.0. The van der Waals surface area contributed by atoms with Crippen LogP contribution in [-0.2, 0) is 21.2 Å². The maximum atomic E-state index is 12.0. The minimum absolute atomic E-state index is 0.137. The molecule has 0 atom stereocenters. The van der Waals surface area contributed by atoms with Crippen molar-refractivity contribution in [3.63, 3.8) is 0 Å². The number of rotatable bonds is 7. The van der Waals surface area contributed by atoms with Gasteiger partial charge in [-0.05, 0) is 42.3 Å². The summed E-state index contributed by atoms with van der Waals surface area (Å²) in [6.45, 7) is 0. The van der Waals surface area contributed by atoms with E-state index in [0.29, 0.717) is 24.2 Å². The van der Waals surface area contributed by atoms with Crippen LogP contribution in [0.5, 0.6) is 5.75 Å². The highest BCUT2D eigenvalue weighted by Gasteiger charge is 2.06. The zero-order valence-electron chi connectivity index (χ0n) is 13.6. The first-order valence-electron chi connectivity index (χ1n) is 7.36. The number of sulfonamides is 1. The Hall–Kier alpha value is -2.54. The third kappa shape index (κ3) is 5.92. The second-order valence-electron chi connectivity index (χ2n) is 5.35. The van der Waals surface area contributed by atoms with E-state index in [2.05, 4.69) is 10.0 Å². The SMILES string of the molecule is COc1ccc(CCC(=O)Nc2cccc(NS(C)(=O)=O)c2)cc1. The number of carbonyl (C=O) groups excluding carboxylic acids is 1.